The first-order valence-corrected chi connectivity index (χ1v) is 2.32. The number of carbonyl (C=O) groups is 1. The Bertz CT molecular complexity index is 213. The minimum atomic E-state index is -0.451. The highest BCUT2D eigenvalue weighted by Gasteiger charge is 2.08. The molecule has 0 aromatic rings. The van der Waals surface area contributed by atoms with Crippen LogP contribution in [0.3, 0.4) is 0 Å². The van der Waals surface area contributed by atoms with Crippen LogP contribution in [-0.2, 0) is 9.59 Å². The molecule has 9 heavy (non-hydrogen) atoms. The van der Waals surface area contributed by atoms with Gasteiger partial charge in [0, 0.05) is 6.20 Å². The summed E-state index contributed by atoms with van der Waals surface area (Å²) in [5.74, 6) is 1.03. The summed E-state index contributed by atoms with van der Waals surface area (Å²) in [5.41, 5.74) is 4.63. The van der Waals surface area contributed by atoms with E-state index in [-0.39, 0.29) is 5.57 Å². The minimum absolute atomic E-state index is 0.00810. The Labute approximate surface area is 51.2 Å². The lowest BCUT2D eigenvalue weighted by Gasteiger charge is -2.06. The van der Waals surface area contributed by atoms with Crippen LogP contribution in [0.5, 0.6) is 0 Å². The number of hydrazine groups is 1. The van der Waals surface area contributed by atoms with Gasteiger partial charge in [-0.3, -0.25) is 10.2 Å². The van der Waals surface area contributed by atoms with Crippen molar-refractivity contribution in [3.63, 3.8) is 0 Å². The van der Waals surface area contributed by atoms with Crippen molar-refractivity contribution in [3.05, 3.63) is 17.8 Å². The largest absolute Gasteiger partial charge is 0.306 e. The van der Waals surface area contributed by atoms with E-state index in [4.69, 9.17) is 0 Å². The summed E-state index contributed by atoms with van der Waals surface area (Å²) in [6.07, 6.45) is 2.80. The molecule has 0 fully saturated rings. The molecule has 1 aliphatic rings. The van der Waals surface area contributed by atoms with Gasteiger partial charge in [-0.2, -0.15) is 0 Å². The monoisotopic (exact) mass is 124 g/mol. The molecule has 46 valence electrons. The van der Waals surface area contributed by atoms with Gasteiger partial charge >= 0.3 is 0 Å². The molecule has 1 amide bonds. The summed E-state index contributed by atoms with van der Waals surface area (Å²) in [6.45, 7) is 0. The summed E-state index contributed by atoms with van der Waals surface area (Å²) >= 11 is 0. The number of nitrogens with one attached hydrogen (secondary N) is 2. The quantitative estimate of drug-likeness (QED) is 0.318. The van der Waals surface area contributed by atoms with Crippen molar-refractivity contribution in [2.24, 2.45) is 0 Å². The lowest BCUT2D eigenvalue weighted by atomic mass is 10.3. The van der Waals surface area contributed by atoms with Gasteiger partial charge in [-0.1, -0.05) is 0 Å². The lowest BCUT2D eigenvalue weighted by molar-refractivity contribution is -0.118. The van der Waals surface area contributed by atoms with Crippen LogP contribution < -0.4 is 10.9 Å². The van der Waals surface area contributed by atoms with Gasteiger partial charge in [0.15, 0.2) is 0 Å². The molecule has 0 atom stereocenters. The third-order valence-electron chi connectivity index (χ3n) is 0.874. The van der Waals surface area contributed by atoms with Crippen molar-refractivity contribution in [1.82, 2.24) is 10.9 Å². The van der Waals surface area contributed by atoms with Crippen LogP contribution in [0.1, 0.15) is 0 Å². The maximum absolute atomic E-state index is 10.5. The van der Waals surface area contributed by atoms with Crippen molar-refractivity contribution in [2.75, 3.05) is 0 Å². The van der Waals surface area contributed by atoms with Crippen LogP contribution in [0.25, 0.3) is 0 Å². The number of hydrogen-bond acceptors (Lipinski definition) is 3. The van der Waals surface area contributed by atoms with Crippen LogP contribution in [0.2, 0.25) is 0 Å². The zero-order chi connectivity index (χ0) is 6.69. The van der Waals surface area contributed by atoms with Crippen LogP contribution in [0.15, 0.2) is 17.8 Å². The summed E-state index contributed by atoms with van der Waals surface area (Å²) < 4.78 is 0. The fraction of sp³-hybridized carbons (Fsp3) is 0. The molecule has 1 rings (SSSR count). The fourth-order valence-corrected chi connectivity index (χ4v) is 0.456. The van der Waals surface area contributed by atoms with Gasteiger partial charge in [-0.25, -0.2) is 4.79 Å². The summed E-state index contributed by atoms with van der Waals surface area (Å²) in [4.78, 5) is 20.4. The Balaban J connectivity index is 2.94. The first-order chi connectivity index (χ1) is 4.34. The van der Waals surface area contributed by atoms with E-state index in [1.54, 1.807) is 0 Å². The highest BCUT2D eigenvalue weighted by molar-refractivity contribution is 6.03. The fourth-order valence-electron chi connectivity index (χ4n) is 0.456. The van der Waals surface area contributed by atoms with Gasteiger partial charge in [-0.05, 0) is 6.08 Å². The maximum atomic E-state index is 10.5. The van der Waals surface area contributed by atoms with Crippen molar-refractivity contribution in [2.45, 2.75) is 0 Å². The van der Waals surface area contributed by atoms with E-state index >= 15 is 0 Å². The Morgan fingerprint density at radius 3 is 2.78 bits per heavy atom. The number of hydrogen-bond donors (Lipinski definition) is 2. The van der Waals surface area contributed by atoms with Crippen LogP contribution in [0, 0.1) is 0 Å². The molecule has 0 saturated carbocycles. The second-order valence-electron chi connectivity index (χ2n) is 1.45. The van der Waals surface area contributed by atoms with E-state index < -0.39 is 5.91 Å². The number of rotatable bonds is 0. The molecule has 4 heteroatoms. The molecule has 4 nitrogen and oxygen atoms in total. The zero-order valence-electron chi connectivity index (χ0n) is 4.47. The molecule has 0 spiro atoms. The third kappa shape index (κ3) is 0.978. The topological polar surface area (TPSA) is 58.2 Å². The molecule has 0 aromatic heterocycles. The van der Waals surface area contributed by atoms with E-state index in [1.807, 2.05) is 0 Å². The molecule has 0 aliphatic carbocycles. The first kappa shape index (κ1) is 5.59. The molecule has 0 saturated heterocycles. The Morgan fingerprint density at radius 2 is 2.33 bits per heavy atom. The second kappa shape index (κ2) is 2.15. The molecule has 1 aliphatic heterocycles. The molecule has 0 bridgehead atoms. The molecular formula is C5H4N2O2. The summed E-state index contributed by atoms with van der Waals surface area (Å²) in [7, 11) is 0. The second-order valence-corrected chi connectivity index (χ2v) is 1.45. The van der Waals surface area contributed by atoms with Gasteiger partial charge in [0.25, 0.3) is 5.91 Å². The predicted molar refractivity (Wildman–Crippen MR) is 29.6 cm³/mol. The smallest absolute Gasteiger partial charge is 0.280 e. The van der Waals surface area contributed by atoms with Crippen LogP contribution >= 0.6 is 0 Å². The normalized spacial score (nSPS) is 16.0. The Kier molecular flexibility index (Phi) is 1.34. The average Bonchev–Trinajstić information content (AvgIpc) is 1.89. The third-order valence-corrected chi connectivity index (χ3v) is 0.874. The summed E-state index contributed by atoms with van der Waals surface area (Å²) in [6, 6.07) is 0. The lowest BCUT2D eigenvalue weighted by Crippen LogP contribution is -2.37. The van der Waals surface area contributed by atoms with Crippen molar-refractivity contribution >= 4 is 11.8 Å². The van der Waals surface area contributed by atoms with Gasteiger partial charge in [-0.15, -0.1) is 0 Å². The van der Waals surface area contributed by atoms with Crippen molar-refractivity contribution in [3.8, 4) is 0 Å². The molecule has 2 N–H and O–H groups in total. The zero-order valence-corrected chi connectivity index (χ0v) is 4.47. The minimum Gasteiger partial charge on any atom is -0.306 e. The van der Waals surface area contributed by atoms with Crippen molar-refractivity contribution < 1.29 is 9.59 Å². The number of amides is 1. The van der Waals surface area contributed by atoms with Crippen LogP contribution in [0.4, 0.5) is 0 Å². The van der Waals surface area contributed by atoms with E-state index in [2.05, 4.69) is 10.9 Å². The first-order valence-electron chi connectivity index (χ1n) is 2.32. The van der Waals surface area contributed by atoms with E-state index in [9.17, 15) is 9.59 Å². The van der Waals surface area contributed by atoms with Gasteiger partial charge in [0.1, 0.15) is 11.5 Å². The van der Waals surface area contributed by atoms with E-state index in [0.29, 0.717) is 0 Å². The molecular weight excluding hydrogens is 120 g/mol. The molecule has 0 unspecified atom stereocenters. The molecule has 0 aromatic carbocycles. The molecule has 1 heterocycles. The predicted octanol–water partition coefficient (Wildman–Crippen LogP) is -1.11. The number of carbonyl (C=O) groups excluding carboxylic acids is 2. The average molecular weight is 124 g/mol. The molecule has 0 radical (unpaired) electrons. The van der Waals surface area contributed by atoms with Crippen LogP contribution in [-0.4, -0.2) is 11.8 Å². The summed E-state index contributed by atoms with van der Waals surface area (Å²) in [5, 5.41) is 0. The highest BCUT2D eigenvalue weighted by Crippen LogP contribution is 1.92. The van der Waals surface area contributed by atoms with E-state index in [1.165, 1.54) is 18.2 Å². The standard InChI is InChI=1S/C5H4N2O2/c8-3-4-1-2-6-7-5(4)9/h1-2,6H,(H,7,9). The maximum Gasteiger partial charge on any atom is 0.280 e. The Morgan fingerprint density at radius 1 is 1.56 bits per heavy atom. The van der Waals surface area contributed by atoms with Gasteiger partial charge < -0.3 is 5.43 Å². The Hall–Kier alpha value is -1.54. The van der Waals surface area contributed by atoms with Gasteiger partial charge in [0.2, 0.25) is 0 Å². The SMILES string of the molecule is O=C=C1C=CNNC1=O. The van der Waals surface area contributed by atoms with Gasteiger partial charge in [0.05, 0.1) is 0 Å². The van der Waals surface area contributed by atoms with Crippen molar-refractivity contribution in [1.29, 1.82) is 0 Å². The van der Waals surface area contributed by atoms with E-state index in [0.717, 1.165) is 0 Å². The highest BCUT2D eigenvalue weighted by atomic mass is 16.2.